The lowest BCUT2D eigenvalue weighted by Crippen LogP contribution is -2.30. The van der Waals surface area contributed by atoms with Gasteiger partial charge in [-0.2, -0.15) is 0 Å². The highest BCUT2D eigenvalue weighted by Crippen LogP contribution is 2.27. The minimum atomic E-state index is 0.520. The summed E-state index contributed by atoms with van der Waals surface area (Å²) < 4.78 is 11.6. The first-order chi connectivity index (χ1) is 12.7. The quantitative estimate of drug-likeness (QED) is 0.546. The summed E-state index contributed by atoms with van der Waals surface area (Å²) in [4.78, 5) is 2.57. The van der Waals surface area contributed by atoms with Crippen molar-refractivity contribution in [1.29, 1.82) is 0 Å². The largest absolute Gasteiger partial charge is 0.494 e. The van der Waals surface area contributed by atoms with Gasteiger partial charge in [-0.15, -0.1) is 0 Å². The van der Waals surface area contributed by atoms with Crippen molar-refractivity contribution in [3.05, 3.63) is 42.5 Å². The van der Waals surface area contributed by atoms with E-state index in [0.29, 0.717) is 17.1 Å². The van der Waals surface area contributed by atoms with E-state index in [2.05, 4.69) is 4.90 Å². The number of likely N-dealkylation sites (tertiary alicyclic amines) is 1. The first-order valence-electron chi connectivity index (χ1n) is 9.49. The second kappa shape index (κ2) is 9.34. The van der Waals surface area contributed by atoms with Gasteiger partial charge in [0, 0.05) is 6.07 Å². The SMILES string of the molecule is Nc1ccc(Oc2ccc(OCCCCN3CCCCC3)cc2)cc1N. The molecule has 5 nitrogen and oxygen atoms in total. The lowest BCUT2D eigenvalue weighted by atomic mass is 10.1. The lowest BCUT2D eigenvalue weighted by molar-refractivity contribution is 0.216. The number of ether oxygens (including phenoxy) is 2. The minimum absolute atomic E-state index is 0.520. The van der Waals surface area contributed by atoms with Gasteiger partial charge < -0.3 is 25.8 Å². The molecule has 1 fully saturated rings. The molecule has 1 heterocycles. The van der Waals surface area contributed by atoms with Crippen molar-refractivity contribution in [2.75, 3.05) is 37.7 Å². The highest BCUT2D eigenvalue weighted by atomic mass is 16.5. The molecule has 1 aliphatic rings. The van der Waals surface area contributed by atoms with E-state index in [1.807, 2.05) is 24.3 Å². The van der Waals surface area contributed by atoms with Crippen molar-refractivity contribution >= 4 is 11.4 Å². The zero-order chi connectivity index (χ0) is 18.2. The second-order valence-corrected chi connectivity index (χ2v) is 6.82. The fraction of sp³-hybridized carbons (Fsp3) is 0.429. The summed E-state index contributed by atoms with van der Waals surface area (Å²) >= 11 is 0. The van der Waals surface area contributed by atoms with E-state index >= 15 is 0 Å². The molecule has 0 spiro atoms. The molecular weight excluding hydrogens is 326 g/mol. The number of hydrogen-bond donors (Lipinski definition) is 2. The first kappa shape index (κ1) is 18.4. The number of nitrogens with two attached hydrogens (primary N) is 2. The number of benzene rings is 2. The van der Waals surface area contributed by atoms with Crippen molar-refractivity contribution in [2.45, 2.75) is 32.1 Å². The van der Waals surface area contributed by atoms with E-state index in [4.69, 9.17) is 20.9 Å². The van der Waals surface area contributed by atoms with E-state index in [9.17, 15) is 0 Å². The molecule has 0 aliphatic carbocycles. The van der Waals surface area contributed by atoms with Gasteiger partial charge in [0.1, 0.15) is 17.2 Å². The van der Waals surface area contributed by atoms with Crippen molar-refractivity contribution < 1.29 is 9.47 Å². The molecular formula is C21H29N3O2. The second-order valence-electron chi connectivity index (χ2n) is 6.82. The zero-order valence-electron chi connectivity index (χ0n) is 15.3. The maximum absolute atomic E-state index is 5.82. The van der Waals surface area contributed by atoms with Gasteiger partial charge in [0.25, 0.3) is 0 Å². The van der Waals surface area contributed by atoms with Crippen LogP contribution in [0.3, 0.4) is 0 Å². The van der Waals surface area contributed by atoms with Crippen LogP contribution in [0.5, 0.6) is 17.2 Å². The Morgan fingerprint density at radius 1 is 0.769 bits per heavy atom. The molecule has 4 N–H and O–H groups in total. The monoisotopic (exact) mass is 355 g/mol. The van der Waals surface area contributed by atoms with Crippen LogP contribution in [0.25, 0.3) is 0 Å². The average molecular weight is 355 g/mol. The maximum Gasteiger partial charge on any atom is 0.129 e. The standard InChI is InChI=1S/C21H29N3O2/c22-20-11-10-19(16-21(20)23)26-18-8-6-17(7-9-18)25-15-5-4-14-24-12-2-1-3-13-24/h6-11,16H,1-5,12-15,22-23H2. The zero-order valence-corrected chi connectivity index (χ0v) is 15.3. The fourth-order valence-electron chi connectivity index (χ4n) is 3.17. The molecule has 0 atom stereocenters. The average Bonchev–Trinajstić information content (AvgIpc) is 2.67. The van der Waals surface area contributed by atoms with Gasteiger partial charge in [-0.25, -0.2) is 0 Å². The van der Waals surface area contributed by atoms with Crippen molar-refractivity contribution in [3.63, 3.8) is 0 Å². The van der Waals surface area contributed by atoms with Gasteiger partial charge in [0.05, 0.1) is 18.0 Å². The lowest BCUT2D eigenvalue weighted by Gasteiger charge is -2.26. The van der Waals surface area contributed by atoms with Crippen LogP contribution in [0, 0.1) is 0 Å². The molecule has 0 radical (unpaired) electrons. The molecule has 140 valence electrons. The predicted octanol–water partition coefficient (Wildman–Crippen LogP) is 4.29. The molecule has 2 aromatic rings. The number of rotatable bonds is 8. The molecule has 0 aromatic heterocycles. The maximum atomic E-state index is 5.82. The van der Waals surface area contributed by atoms with Crippen LogP contribution in [-0.2, 0) is 0 Å². The summed E-state index contributed by atoms with van der Waals surface area (Å²) in [5.41, 5.74) is 12.6. The van der Waals surface area contributed by atoms with Crippen LogP contribution in [0.1, 0.15) is 32.1 Å². The number of anilines is 2. The molecule has 1 aliphatic heterocycles. The van der Waals surface area contributed by atoms with Crippen molar-refractivity contribution in [3.8, 4) is 17.2 Å². The summed E-state index contributed by atoms with van der Waals surface area (Å²) in [5, 5.41) is 0. The number of piperidine rings is 1. The number of nitrogens with zero attached hydrogens (tertiary/aromatic N) is 1. The molecule has 0 unspecified atom stereocenters. The van der Waals surface area contributed by atoms with Gasteiger partial charge in [0.2, 0.25) is 0 Å². The van der Waals surface area contributed by atoms with Gasteiger partial charge in [-0.05, 0) is 81.7 Å². The summed E-state index contributed by atoms with van der Waals surface area (Å²) in [7, 11) is 0. The molecule has 26 heavy (non-hydrogen) atoms. The van der Waals surface area contributed by atoms with Crippen LogP contribution in [0.4, 0.5) is 11.4 Å². The van der Waals surface area contributed by atoms with Crippen LogP contribution < -0.4 is 20.9 Å². The van der Waals surface area contributed by atoms with E-state index in [1.165, 1.54) is 45.3 Å². The normalized spacial score (nSPS) is 14.9. The van der Waals surface area contributed by atoms with Crippen LogP contribution in [0.2, 0.25) is 0 Å². The predicted molar refractivity (Wildman–Crippen MR) is 107 cm³/mol. The third-order valence-corrected chi connectivity index (χ3v) is 4.70. The molecule has 1 saturated heterocycles. The molecule has 0 amide bonds. The Hall–Kier alpha value is -2.40. The molecule has 0 bridgehead atoms. The number of hydrogen-bond acceptors (Lipinski definition) is 5. The number of unbranched alkanes of at least 4 members (excludes halogenated alkanes) is 1. The summed E-state index contributed by atoms with van der Waals surface area (Å²) in [5.74, 6) is 2.28. The fourth-order valence-corrected chi connectivity index (χ4v) is 3.17. The highest BCUT2D eigenvalue weighted by Gasteiger charge is 2.08. The summed E-state index contributed by atoms with van der Waals surface area (Å²) in [6.45, 7) is 4.48. The van der Waals surface area contributed by atoms with E-state index in [0.717, 1.165) is 24.5 Å². The van der Waals surface area contributed by atoms with Crippen LogP contribution in [0.15, 0.2) is 42.5 Å². The Balaban J connectivity index is 1.37. The summed E-state index contributed by atoms with van der Waals surface area (Å²) in [6.07, 6.45) is 6.38. The van der Waals surface area contributed by atoms with Crippen LogP contribution in [-0.4, -0.2) is 31.1 Å². The van der Waals surface area contributed by atoms with E-state index in [1.54, 1.807) is 18.2 Å². The summed E-state index contributed by atoms with van der Waals surface area (Å²) in [6, 6.07) is 12.9. The minimum Gasteiger partial charge on any atom is -0.494 e. The van der Waals surface area contributed by atoms with Crippen molar-refractivity contribution in [1.82, 2.24) is 4.90 Å². The molecule has 3 rings (SSSR count). The Morgan fingerprint density at radius 3 is 2.19 bits per heavy atom. The Bertz CT molecular complexity index is 682. The van der Waals surface area contributed by atoms with E-state index < -0.39 is 0 Å². The Morgan fingerprint density at radius 2 is 1.46 bits per heavy atom. The van der Waals surface area contributed by atoms with E-state index in [-0.39, 0.29) is 0 Å². The number of nitrogen functional groups attached to an aromatic ring is 2. The molecule has 0 saturated carbocycles. The van der Waals surface area contributed by atoms with Gasteiger partial charge in [-0.1, -0.05) is 6.42 Å². The highest BCUT2D eigenvalue weighted by molar-refractivity contribution is 5.65. The third-order valence-electron chi connectivity index (χ3n) is 4.70. The third kappa shape index (κ3) is 5.56. The molecule has 5 heteroatoms. The van der Waals surface area contributed by atoms with Crippen LogP contribution >= 0.6 is 0 Å². The topological polar surface area (TPSA) is 73.7 Å². The first-order valence-corrected chi connectivity index (χ1v) is 9.49. The van der Waals surface area contributed by atoms with Gasteiger partial charge in [-0.3, -0.25) is 0 Å². The van der Waals surface area contributed by atoms with Gasteiger partial charge >= 0.3 is 0 Å². The van der Waals surface area contributed by atoms with Crippen molar-refractivity contribution in [2.24, 2.45) is 0 Å². The Labute approximate surface area is 155 Å². The Kier molecular flexibility index (Phi) is 6.61. The molecule has 2 aromatic carbocycles. The van der Waals surface area contributed by atoms with Gasteiger partial charge in [0.15, 0.2) is 0 Å². The smallest absolute Gasteiger partial charge is 0.129 e.